The van der Waals surface area contributed by atoms with E-state index in [0.29, 0.717) is 0 Å². The highest BCUT2D eigenvalue weighted by Gasteiger charge is 1.88. The van der Waals surface area contributed by atoms with E-state index in [9.17, 15) is 0 Å². The zero-order valence-electron chi connectivity index (χ0n) is 5.80. The minimum Gasteiger partial charge on any atom is -0.144 e. The molecule has 0 bridgehead atoms. The van der Waals surface area contributed by atoms with Gasteiger partial charge in [0.1, 0.15) is 0 Å². The summed E-state index contributed by atoms with van der Waals surface area (Å²) >= 11 is 5.17. The summed E-state index contributed by atoms with van der Waals surface area (Å²) in [6, 6.07) is 4.19. The Morgan fingerprint density at radius 3 is 3.10 bits per heavy atom. The quantitative estimate of drug-likeness (QED) is 0.664. The van der Waals surface area contributed by atoms with Gasteiger partial charge in [0.25, 0.3) is 0 Å². The van der Waals surface area contributed by atoms with Crippen molar-refractivity contribution in [2.75, 3.05) is 5.33 Å². The minimum absolute atomic E-state index is 0.963. The number of halogens is 1. The second-order valence-corrected chi connectivity index (χ2v) is 3.68. The Balaban J connectivity index is 2.71. The number of rotatable bonds is 2. The van der Waals surface area contributed by atoms with Gasteiger partial charge < -0.3 is 0 Å². The third-order valence-corrected chi connectivity index (χ3v) is 2.85. The molecule has 2 heteroatoms. The van der Waals surface area contributed by atoms with Crippen LogP contribution in [0.2, 0.25) is 0 Å². The normalized spacial score (nSPS) is 12.0. The van der Waals surface area contributed by atoms with Gasteiger partial charge in [-0.3, -0.25) is 0 Å². The summed E-state index contributed by atoms with van der Waals surface area (Å²) in [5.74, 6) is 0. The first-order valence-electron chi connectivity index (χ1n) is 3.09. The van der Waals surface area contributed by atoms with Crippen molar-refractivity contribution < 1.29 is 0 Å². The monoisotopic (exact) mass is 216 g/mol. The van der Waals surface area contributed by atoms with Gasteiger partial charge in [0.05, 0.1) is 0 Å². The second-order valence-electron chi connectivity index (χ2n) is 2.14. The average molecular weight is 217 g/mol. The van der Waals surface area contributed by atoms with E-state index in [1.165, 1.54) is 10.5 Å². The fourth-order valence-corrected chi connectivity index (χ4v) is 1.56. The maximum Gasteiger partial charge on any atom is 0.0270 e. The lowest BCUT2D eigenvalue weighted by molar-refractivity contribution is 1.46. The van der Waals surface area contributed by atoms with Gasteiger partial charge in [-0.15, -0.1) is 11.3 Å². The van der Waals surface area contributed by atoms with Crippen LogP contribution in [0, 0.1) is 0 Å². The van der Waals surface area contributed by atoms with Crippen LogP contribution in [0.5, 0.6) is 0 Å². The van der Waals surface area contributed by atoms with E-state index in [0.717, 1.165) is 5.33 Å². The molecule has 0 aliphatic carbocycles. The fourth-order valence-electron chi connectivity index (χ4n) is 0.655. The standard InChI is InChI=1S/C8H9BrS/c1-7(6-9)5-8-3-2-4-10-8/h2-5H,6H2,1H3. The van der Waals surface area contributed by atoms with Crippen molar-refractivity contribution in [1.82, 2.24) is 0 Å². The predicted molar refractivity (Wildman–Crippen MR) is 51.8 cm³/mol. The molecule has 10 heavy (non-hydrogen) atoms. The van der Waals surface area contributed by atoms with Crippen LogP contribution in [0.15, 0.2) is 23.1 Å². The molecule has 1 aromatic rings. The number of hydrogen-bond donors (Lipinski definition) is 0. The van der Waals surface area contributed by atoms with Gasteiger partial charge in [-0.05, 0) is 24.4 Å². The average Bonchev–Trinajstić information content (AvgIpc) is 2.40. The number of alkyl halides is 1. The van der Waals surface area contributed by atoms with Crippen molar-refractivity contribution in [3.05, 3.63) is 28.0 Å². The second kappa shape index (κ2) is 3.94. The van der Waals surface area contributed by atoms with Crippen molar-refractivity contribution in [1.29, 1.82) is 0 Å². The van der Waals surface area contributed by atoms with E-state index in [1.54, 1.807) is 11.3 Å². The van der Waals surface area contributed by atoms with E-state index in [4.69, 9.17) is 0 Å². The zero-order chi connectivity index (χ0) is 7.40. The first-order valence-corrected chi connectivity index (χ1v) is 5.09. The Kier molecular flexibility index (Phi) is 3.16. The molecule has 54 valence electrons. The van der Waals surface area contributed by atoms with Crippen LogP contribution < -0.4 is 0 Å². The number of thiophene rings is 1. The Labute approximate surface area is 73.7 Å². The molecule has 0 amide bonds. The molecule has 0 aliphatic rings. The molecule has 1 heterocycles. The molecule has 0 aromatic carbocycles. The summed E-state index contributed by atoms with van der Waals surface area (Å²) in [5, 5.41) is 3.05. The molecular formula is C8H9BrS. The molecular weight excluding hydrogens is 208 g/mol. The SMILES string of the molecule is CC(=Cc1cccs1)CBr. The van der Waals surface area contributed by atoms with Crippen LogP contribution in [0.4, 0.5) is 0 Å². The Morgan fingerprint density at radius 1 is 1.80 bits per heavy atom. The zero-order valence-corrected chi connectivity index (χ0v) is 8.21. The topological polar surface area (TPSA) is 0 Å². The highest BCUT2D eigenvalue weighted by molar-refractivity contribution is 9.09. The summed E-state index contributed by atoms with van der Waals surface area (Å²) < 4.78 is 0. The molecule has 0 radical (unpaired) electrons. The van der Waals surface area contributed by atoms with Crippen molar-refractivity contribution in [3.8, 4) is 0 Å². The molecule has 0 saturated carbocycles. The van der Waals surface area contributed by atoms with E-state index in [2.05, 4.69) is 46.4 Å². The van der Waals surface area contributed by atoms with Crippen LogP contribution in [-0.4, -0.2) is 5.33 Å². The van der Waals surface area contributed by atoms with Gasteiger partial charge in [-0.2, -0.15) is 0 Å². The number of hydrogen-bond acceptors (Lipinski definition) is 1. The molecule has 0 nitrogen and oxygen atoms in total. The van der Waals surface area contributed by atoms with Gasteiger partial charge in [0.2, 0.25) is 0 Å². The molecule has 0 aliphatic heterocycles. The Morgan fingerprint density at radius 2 is 2.60 bits per heavy atom. The predicted octanol–water partition coefficient (Wildman–Crippen LogP) is 3.55. The van der Waals surface area contributed by atoms with Crippen molar-refractivity contribution in [2.45, 2.75) is 6.92 Å². The lowest BCUT2D eigenvalue weighted by Crippen LogP contribution is -1.72. The fraction of sp³-hybridized carbons (Fsp3) is 0.250. The summed E-state index contributed by atoms with van der Waals surface area (Å²) in [7, 11) is 0. The van der Waals surface area contributed by atoms with Crippen molar-refractivity contribution in [2.24, 2.45) is 0 Å². The van der Waals surface area contributed by atoms with Crippen LogP contribution >= 0.6 is 27.3 Å². The van der Waals surface area contributed by atoms with E-state index < -0.39 is 0 Å². The minimum atomic E-state index is 0.963. The van der Waals surface area contributed by atoms with Gasteiger partial charge >= 0.3 is 0 Å². The van der Waals surface area contributed by atoms with E-state index >= 15 is 0 Å². The first kappa shape index (κ1) is 8.02. The molecule has 0 atom stereocenters. The molecule has 0 unspecified atom stereocenters. The van der Waals surface area contributed by atoms with Crippen LogP contribution in [-0.2, 0) is 0 Å². The highest BCUT2D eigenvalue weighted by atomic mass is 79.9. The van der Waals surface area contributed by atoms with Crippen LogP contribution in [0.1, 0.15) is 11.8 Å². The summed E-state index contributed by atoms with van der Waals surface area (Å²) in [5.41, 5.74) is 1.36. The smallest absolute Gasteiger partial charge is 0.0270 e. The van der Waals surface area contributed by atoms with Gasteiger partial charge in [-0.25, -0.2) is 0 Å². The van der Waals surface area contributed by atoms with Gasteiger partial charge in [0.15, 0.2) is 0 Å². The lowest BCUT2D eigenvalue weighted by atomic mass is 10.3. The van der Waals surface area contributed by atoms with E-state index in [-0.39, 0.29) is 0 Å². The van der Waals surface area contributed by atoms with Crippen LogP contribution in [0.3, 0.4) is 0 Å². The molecule has 0 N–H and O–H groups in total. The third kappa shape index (κ3) is 2.27. The summed E-state index contributed by atoms with van der Waals surface area (Å²) in [6.07, 6.45) is 2.19. The van der Waals surface area contributed by atoms with Crippen molar-refractivity contribution in [3.63, 3.8) is 0 Å². The van der Waals surface area contributed by atoms with Crippen molar-refractivity contribution >= 4 is 33.3 Å². The van der Waals surface area contributed by atoms with Gasteiger partial charge in [-0.1, -0.05) is 27.6 Å². The largest absolute Gasteiger partial charge is 0.144 e. The maximum atomic E-state index is 3.40. The molecule has 0 spiro atoms. The third-order valence-electron chi connectivity index (χ3n) is 1.14. The molecule has 1 rings (SSSR count). The van der Waals surface area contributed by atoms with Crippen LogP contribution in [0.25, 0.3) is 6.08 Å². The van der Waals surface area contributed by atoms with E-state index in [1.807, 2.05) is 0 Å². The summed E-state index contributed by atoms with van der Waals surface area (Å²) in [6.45, 7) is 2.12. The Bertz CT molecular complexity index is 211. The highest BCUT2D eigenvalue weighted by Crippen LogP contribution is 2.13. The molecule has 0 saturated heterocycles. The Hall–Kier alpha value is -0.0800. The summed E-state index contributed by atoms with van der Waals surface area (Å²) in [4.78, 5) is 1.33. The first-order chi connectivity index (χ1) is 4.83. The lowest BCUT2D eigenvalue weighted by Gasteiger charge is -1.89. The molecule has 0 fully saturated rings. The maximum absolute atomic E-state index is 3.40. The molecule has 1 aromatic heterocycles. The van der Waals surface area contributed by atoms with Gasteiger partial charge in [0, 0.05) is 10.2 Å². The number of allylic oxidation sites excluding steroid dienone is 1.